The minimum Gasteiger partial charge on any atom is -0.504 e. The molecule has 0 bridgehead atoms. The number of hydrogen-bond donors (Lipinski definition) is 0. The number of allylic oxidation sites excluding steroid dienone is 2. The average Bonchev–Trinajstić information content (AvgIpc) is 2.26. The van der Waals surface area contributed by atoms with Gasteiger partial charge in [0.05, 0.1) is 13.4 Å². The number of hydrogen-bond acceptors (Lipinski definition) is 3. The molecule has 3 nitrogen and oxygen atoms in total. The molecule has 0 N–H and O–H groups in total. The largest absolute Gasteiger partial charge is 0.504 e. The standard InChI is InChI=1S/C12H22O3/c1-6-7-11(10-13-3)8-9-12(2,14-4)15-5/h8-10H,6-7H2,1-5H3. The van der Waals surface area contributed by atoms with Gasteiger partial charge in [0.2, 0.25) is 0 Å². The van der Waals surface area contributed by atoms with Gasteiger partial charge in [-0.2, -0.15) is 0 Å². The molecule has 0 rings (SSSR count). The van der Waals surface area contributed by atoms with Gasteiger partial charge in [-0.3, -0.25) is 0 Å². The number of rotatable bonds is 7. The van der Waals surface area contributed by atoms with Crippen LogP contribution in [0.3, 0.4) is 0 Å². The Bertz CT molecular complexity index is 215. The van der Waals surface area contributed by atoms with Crippen molar-refractivity contribution in [3.05, 3.63) is 24.0 Å². The van der Waals surface area contributed by atoms with Gasteiger partial charge in [0.15, 0.2) is 5.79 Å². The fourth-order valence-corrected chi connectivity index (χ4v) is 1.10. The molecule has 0 aliphatic rings. The van der Waals surface area contributed by atoms with E-state index >= 15 is 0 Å². The Labute approximate surface area is 92.7 Å². The first-order valence-corrected chi connectivity index (χ1v) is 5.13. The first-order valence-electron chi connectivity index (χ1n) is 5.13. The second kappa shape index (κ2) is 7.49. The maximum absolute atomic E-state index is 5.22. The average molecular weight is 214 g/mol. The maximum atomic E-state index is 5.22. The van der Waals surface area contributed by atoms with E-state index < -0.39 is 5.79 Å². The number of methoxy groups -OCH3 is 3. The van der Waals surface area contributed by atoms with Gasteiger partial charge in [-0.15, -0.1) is 0 Å². The van der Waals surface area contributed by atoms with Gasteiger partial charge in [-0.25, -0.2) is 0 Å². The SMILES string of the molecule is CCCC(C=CC(C)(OC)OC)=COC. The van der Waals surface area contributed by atoms with Crippen molar-refractivity contribution in [1.29, 1.82) is 0 Å². The van der Waals surface area contributed by atoms with Gasteiger partial charge in [0, 0.05) is 14.2 Å². The zero-order chi connectivity index (χ0) is 11.7. The van der Waals surface area contributed by atoms with Crippen molar-refractivity contribution in [2.75, 3.05) is 21.3 Å². The molecule has 0 spiro atoms. The van der Waals surface area contributed by atoms with Crippen LogP contribution in [0.5, 0.6) is 0 Å². The molecule has 0 heterocycles. The Morgan fingerprint density at radius 1 is 1.20 bits per heavy atom. The highest BCUT2D eigenvalue weighted by Gasteiger charge is 2.17. The van der Waals surface area contributed by atoms with E-state index in [2.05, 4.69) is 6.92 Å². The van der Waals surface area contributed by atoms with Gasteiger partial charge in [0.1, 0.15) is 0 Å². The van der Waals surface area contributed by atoms with Gasteiger partial charge < -0.3 is 14.2 Å². The van der Waals surface area contributed by atoms with Crippen LogP contribution in [0.1, 0.15) is 26.7 Å². The van der Waals surface area contributed by atoms with E-state index in [1.165, 1.54) is 0 Å². The van der Waals surface area contributed by atoms with Gasteiger partial charge >= 0.3 is 0 Å². The summed E-state index contributed by atoms with van der Waals surface area (Å²) in [4.78, 5) is 0. The predicted molar refractivity (Wildman–Crippen MR) is 61.6 cm³/mol. The van der Waals surface area contributed by atoms with Crippen LogP contribution in [0.25, 0.3) is 0 Å². The minimum absolute atomic E-state index is 0.666. The van der Waals surface area contributed by atoms with Crippen LogP contribution in [0, 0.1) is 0 Å². The zero-order valence-corrected chi connectivity index (χ0v) is 10.4. The number of ether oxygens (including phenoxy) is 3. The summed E-state index contributed by atoms with van der Waals surface area (Å²) < 4.78 is 15.4. The lowest BCUT2D eigenvalue weighted by Crippen LogP contribution is -2.26. The molecule has 0 saturated heterocycles. The lowest BCUT2D eigenvalue weighted by Gasteiger charge is -2.22. The Hall–Kier alpha value is -0.800. The molecule has 88 valence electrons. The smallest absolute Gasteiger partial charge is 0.184 e. The Kier molecular flexibility index (Phi) is 7.09. The monoisotopic (exact) mass is 214 g/mol. The zero-order valence-electron chi connectivity index (χ0n) is 10.4. The molecule has 15 heavy (non-hydrogen) atoms. The molecular formula is C12H22O3. The van der Waals surface area contributed by atoms with E-state index in [0.717, 1.165) is 18.4 Å². The van der Waals surface area contributed by atoms with E-state index in [1.54, 1.807) is 27.6 Å². The third-order valence-electron chi connectivity index (χ3n) is 2.22. The summed E-state index contributed by atoms with van der Waals surface area (Å²) in [6.07, 6.45) is 7.66. The van der Waals surface area contributed by atoms with Crippen LogP contribution in [0.2, 0.25) is 0 Å². The highest BCUT2D eigenvalue weighted by molar-refractivity contribution is 5.18. The summed E-state index contributed by atoms with van der Waals surface area (Å²) >= 11 is 0. The van der Waals surface area contributed by atoms with E-state index in [4.69, 9.17) is 14.2 Å². The highest BCUT2D eigenvalue weighted by Crippen LogP contribution is 2.15. The van der Waals surface area contributed by atoms with Crippen molar-refractivity contribution in [3.63, 3.8) is 0 Å². The molecule has 0 aliphatic heterocycles. The van der Waals surface area contributed by atoms with E-state index in [1.807, 2.05) is 19.1 Å². The van der Waals surface area contributed by atoms with Crippen LogP contribution >= 0.6 is 0 Å². The third-order valence-corrected chi connectivity index (χ3v) is 2.22. The second-order valence-electron chi connectivity index (χ2n) is 3.44. The molecule has 0 aliphatic carbocycles. The summed E-state index contributed by atoms with van der Waals surface area (Å²) in [6.45, 7) is 3.99. The molecule has 0 fully saturated rings. The highest BCUT2D eigenvalue weighted by atomic mass is 16.7. The van der Waals surface area contributed by atoms with Crippen LogP contribution in [0.4, 0.5) is 0 Å². The molecule has 0 unspecified atom stereocenters. The summed E-state index contributed by atoms with van der Waals surface area (Å²) in [5.74, 6) is -0.666. The van der Waals surface area contributed by atoms with Crippen molar-refractivity contribution in [2.45, 2.75) is 32.5 Å². The fraction of sp³-hybridized carbons (Fsp3) is 0.667. The lowest BCUT2D eigenvalue weighted by molar-refractivity contribution is -0.155. The predicted octanol–water partition coefficient (Wildman–Crippen LogP) is 2.88. The fourth-order valence-electron chi connectivity index (χ4n) is 1.10. The van der Waals surface area contributed by atoms with Gasteiger partial charge in [-0.1, -0.05) is 19.4 Å². The molecule has 0 amide bonds. The molecule has 0 aromatic carbocycles. The van der Waals surface area contributed by atoms with Gasteiger partial charge in [-0.05, 0) is 25.0 Å². The van der Waals surface area contributed by atoms with Crippen molar-refractivity contribution >= 4 is 0 Å². The molecule has 3 heteroatoms. The Morgan fingerprint density at radius 2 is 1.80 bits per heavy atom. The summed E-state index contributed by atoms with van der Waals surface area (Å²) in [7, 11) is 4.88. The van der Waals surface area contributed by atoms with Crippen molar-refractivity contribution in [3.8, 4) is 0 Å². The summed E-state index contributed by atoms with van der Waals surface area (Å²) in [5.41, 5.74) is 1.13. The van der Waals surface area contributed by atoms with Crippen LogP contribution in [-0.4, -0.2) is 27.1 Å². The summed E-state index contributed by atoms with van der Waals surface area (Å²) in [6, 6.07) is 0. The van der Waals surface area contributed by atoms with Crippen LogP contribution in [0.15, 0.2) is 24.0 Å². The molecule has 0 aromatic rings. The summed E-state index contributed by atoms with van der Waals surface area (Å²) in [5, 5.41) is 0. The molecule has 0 aromatic heterocycles. The minimum atomic E-state index is -0.666. The normalized spacial score (nSPS) is 13.5. The maximum Gasteiger partial charge on any atom is 0.184 e. The lowest BCUT2D eigenvalue weighted by atomic mass is 10.1. The molecule has 0 radical (unpaired) electrons. The molecule has 0 atom stereocenters. The Morgan fingerprint density at radius 3 is 2.20 bits per heavy atom. The first kappa shape index (κ1) is 14.2. The third kappa shape index (κ3) is 5.60. The van der Waals surface area contributed by atoms with E-state index in [9.17, 15) is 0 Å². The molecular weight excluding hydrogens is 192 g/mol. The van der Waals surface area contributed by atoms with E-state index in [0.29, 0.717) is 0 Å². The van der Waals surface area contributed by atoms with Crippen molar-refractivity contribution in [2.24, 2.45) is 0 Å². The topological polar surface area (TPSA) is 27.7 Å². The van der Waals surface area contributed by atoms with Crippen LogP contribution in [-0.2, 0) is 14.2 Å². The van der Waals surface area contributed by atoms with Crippen LogP contribution < -0.4 is 0 Å². The Balaban J connectivity index is 4.50. The second-order valence-corrected chi connectivity index (χ2v) is 3.44. The van der Waals surface area contributed by atoms with Crippen molar-refractivity contribution < 1.29 is 14.2 Å². The van der Waals surface area contributed by atoms with E-state index in [-0.39, 0.29) is 0 Å². The van der Waals surface area contributed by atoms with Crippen molar-refractivity contribution in [1.82, 2.24) is 0 Å². The van der Waals surface area contributed by atoms with Gasteiger partial charge in [0.25, 0.3) is 0 Å². The molecule has 0 saturated carbocycles. The quantitative estimate of drug-likeness (QED) is 0.370. The first-order chi connectivity index (χ1) is 7.11.